The fraction of sp³-hybridized carbons (Fsp3) is 0.583. The highest BCUT2D eigenvalue weighted by Gasteiger charge is 2.33. The molecule has 1 saturated heterocycles. The number of rotatable bonds is 4. The number of amides is 1. The molecule has 0 spiro atoms. The highest BCUT2D eigenvalue weighted by atomic mass is 16.4. The third-order valence-electron chi connectivity index (χ3n) is 3.29. The molecule has 1 aliphatic heterocycles. The lowest BCUT2D eigenvalue weighted by atomic mass is 10.0. The number of hydrogen-bond donors (Lipinski definition) is 2. The Bertz CT molecular complexity index is 471. The number of imidazole rings is 1. The zero-order valence-electron chi connectivity index (χ0n) is 10.7. The number of carboxylic acid groups (broad SMARTS) is 1. The van der Waals surface area contributed by atoms with Crippen molar-refractivity contribution in [1.29, 1.82) is 0 Å². The minimum Gasteiger partial charge on any atom is -0.480 e. The minimum atomic E-state index is -0.950. The Morgan fingerprint density at radius 2 is 2.26 bits per heavy atom. The van der Waals surface area contributed by atoms with Crippen LogP contribution in [0, 0.1) is 0 Å². The van der Waals surface area contributed by atoms with Crippen LogP contribution in [0.2, 0.25) is 0 Å². The van der Waals surface area contributed by atoms with Gasteiger partial charge in [-0.2, -0.15) is 0 Å². The van der Waals surface area contributed by atoms with Gasteiger partial charge in [0.2, 0.25) is 0 Å². The quantitative estimate of drug-likeness (QED) is 0.793. The molecule has 0 aliphatic carbocycles. The summed E-state index contributed by atoms with van der Waals surface area (Å²) in [5.41, 5.74) is 5.71. The highest BCUT2D eigenvalue weighted by Crippen LogP contribution is 2.19. The Morgan fingerprint density at radius 1 is 1.47 bits per heavy atom. The average Bonchev–Trinajstić information content (AvgIpc) is 2.87. The number of likely N-dealkylation sites (tertiary alicyclic amines) is 1. The average molecular weight is 266 g/mol. The van der Waals surface area contributed by atoms with Crippen molar-refractivity contribution in [2.45, 2.75) is 31.8 Å². The third-order valence-corrected chi connectivity index (χ3v) is 3.29. The van der Waals surface area contributed by atoms with E-state index in [1.807, 2.05) is 0 Å². The smallest absolute Gasteiger partial charge is 0.326 e. The molecule has 0 radical (unpaired) electrons. The molecular weight excluding hydrogens is 248 g/mol. The summed E-state index contributed by atoms with van der Waals surface area (Å²) in [6.45, 7) is 1.52. The minimum absolute atomic E-state index is 0.279. The van der Waals surface area contributed by atoms with E-state index >= 15 is 0 Å². The van der Waals surface area contributed by atoms with Gasteiger partial charge in [0.25, 0.3) is 5.91 Å². The van der Waals surface area contributed by atoms with Gasteiger partial charge in [-0.3, -0.25) is 4.79 Å². The fourth-order valence-electron chi connectivity index (χ4n) is 2.32. The summed E-state index contributed by atoms with van der Waals surface area (Å²) < 4.78 is 1.73. The highest BCUT2D eigenvalue weighted by molar-refractivity contribution is 5.95. The van der Waals surface area contributed by atoms with E-state index in [1.54, 1.807) is 17.1 Å². The Labute approximate surface area is 111 Å². The summed E-state index contributed by atoms with van der Waals surface area (Å²) in [6.07, 6.45) is 5.33. The van der Waals surface area contributed by atoms with Crippen molar-refractivity contribution in [3.63, 3.8) is 0 Å². The van der Waals surface area contributed by atoms with Crippen LogP contribution in [0.4, 0.5) is 0 Å². The first kappa shape index (κ1) is 13.5. The summed E-state index contributed by atoms with van der Waals surface area (Å²) in [5, 5.41) is 9.16. The molecule has 104 valence electrons. The van der Waals surface area contributed by atoms with E-state index in [4.69, 9.17) is 10.8 Å². The maximum absolute atomic E-state index is 12.3. The summed E-state index contributed by atoms with van der Waals surface area (Å²) in [5.74, 6) is -1.27. The number of aliphatic carboxylic acids is 1. The van der Waals surface area contributed by atoms with Crippen LogP contribution in [0.1, 0.15) is 29.8 Å². The number of carbonyl (C=O) groups excluding carboxylic acids is 1. The van der Waals surface area contributed by atoms with E-state index in [0.29, 0.717) is 26.1 Å². The number of nitrogens with zero attached hydrogens (tertiary/aromatic N) is 3. The molecule has 1 amide bonds. The lowest BCUT2D eigenvalue weighted by Gasteiger charge is -2.32. The van der Waals surface area contributed by atoms with Crippen LogP contribution >= 0.6 is 0 Å². The van der Waals surface area contributed by atoms with Crippen LogP contribution in [0.3, 0.4) is 0 Å². The molecule has 1 aromatic rings. The molecule has 3 N–H and O–H groups in total. The molecule has 1 aliphatic rings. The standard InChI is InChI=1S/C12H18N4O3/c13-4-6-15-7-9(14-8-15)11(17)16-5-2-1-3-10(16)12(18)19/h7-8,10H,1-6,13H2,(H,18,19). The Balaban J connectivity index is 2.14. The van der Waals surface area contributed by atoms with Gasteiger partial charge in [0.05, 0.1) is 6.33 Å². The van der Waals surface area contributed by atoms with Crippen molar-refractivity contribution < 1.29 is 14.7 Å². The van der Waals surface area contributed by atoms with Crippen LogP contribution in [0.15, 0.2) is 12.5 Å². The molecule has 1 unspecified atom stereocenters. The van der Waals surface area contributed by atoms with E-state index in [9.17, 15) is 9.59 Å². The maximum Gasteiger partial charge on any atom is 0.326 e. The zero-order chi connectivity index (χ0) is 13.8. The van der Waals surface area contributed by atoms with Crippen molar-refractivity contribution in [3.8, 4) is 0 Å². The normalized spacial score (nSPS) is 19.4. The molecule has 2 heterocycles. The molecule has 2 rings (SSSR count). The lowest BCUT2D eigenvalue weighted by Crippen LogP contribution is -2.48. The predicted octanol–water partition coefficient (Wildman–Crippen LogP) is -0.0789. The monoisotopic (exact) mass is 266 g/mol. The summed E-state index contributed by atoms with van der Waals surface area (Å²) in [4.78, 5) is 28.9. The van der Waals surface area contributed by atoms with E-state index in [-0.39, 0.29) is 11.6 Å². The van der Waals surface area contributed by atoms with Gasteiger partial charge in [-0.05, 0) is 19.3 Å². The second kappa shape index (κ2) is 5.83. The van der Waals surface area contributed by atoms with Crippen molar-refractivity contribution >= 4 is 11.9 Å². The molecule has 1 aromatic heterocycles. The molecule has 0 aromatic carbocycles. The number of carboxylic acids is 1. The van der Waals surface area contributed by atoms with Gasteiger partial charge in [0.15, 0.2) is 0 Å². The fourth-order valence-corrected chi connectivity index (χ4v) is 2.32. The molecule has 0 bridgehead atoms. The van der Waals surface area contributed by atoms with Gasteiger partial charge in [0, 0.05) is 25.8 Å². The van der Waals surface area contributed by atoms with Gasteiger partial charge in [0.1, 0.15) is 11.7 Å². The number of aromatic nitrogens is 2. The summed E-state index contributed by atoms with van der Waals surface area (Å²) >= 11 is 0. The molecule has 1 atom stereocenters. The largest absolute Gasteiger partial charge is 0.480 e. The summed E-state index contributed by atoms with van der Waals surface area (Å²) in [7, 11) is 0. The van der Waals surface area contributed by atoms with E-state index < -0.39 is 12.0 Å². The Hall–Kier alpha value is -1.89. The number of hydrogen-bond acceptors (Lipinski definition) is 4. The number of carbonyl (C=O) groups is 2. The zero-order valence-corrected chi connectivity index (χ0v) is 10.7. The first-order valence-electron chi connectivity index (χ1n) is 6.39. The molecule has 7 heteroatoms. The van der Waals surface area contributed by atoms with Crippen LogP contribution in [-0.2, 0) is 11.3 Å². The molecular formula is C12H18N4O3. The van der Waals surface area contributed by atoms with E-state index in [1.165, 1.54) is 4.90 Å². The van der Waals surface area contributed by atoms with Crippen molar-refractivity contribution in [2.75, 3.05) is 13.1 Å². The second-order valence-electron chi connectivity index (χ2n) is 4.63. The van der Waals surface area contributed by atoms with E-state index in [0.717, 1.165) is 12.8 Å². The Morgan fingerprint density at radius 3 is 2.95 bits per heavy atom. The SMILES string of the molecule is NCCn1cnc(C(=O)N2CCCCC2C(=O)O)c1. The first-order valence-corrected chi connectivity index (χ1v) is 6.39. The molecule has 19 heavy (non-hydrogen) atoms. The molecule has 7 nitrogen and oxygen atoms in total. The van der Waals surface area contributed by atoms with Crippen LogP contribution in [0.5, 0.6) is 0 Å². The van der Waals surface area contributed by atoms with E-state index in [2.05, 4.69) is 4.98 Å². The van der Waals surface area contributed by atoms with Gasteiger partial charge >= 0.3 is 5.97 Å². The maximum atomic E-state index is 12.3. The molecule has 1 fully saturated rings. The van der Waals surface area contributed by atoms with Crippen LogP contribution in [-0.4, -0.2) is 50.6 Å². The van der Waals surface area contributed by atoms with Crippen LogP contribution in [0.25, 0.3) is 0 Å². The number of nitrogens with two attached hydrogens (primary N) is 1. The Kier molecular flexibility index (Phi) is 4.16. The van der Waals surface area contributed by atoms with Gasteiger partial charge in [-0.15, -0.1) is 0 Å². The van der Waals surface area contributed by atoms with Crippen molar-refractivity contribution in [3.05, 3.63) is 18.2 Å². The van der Waals surface area contributed by atoms with Gasteiger partial charge < -0.3 is 20.3 Å². The third kappa shape index (κ3) is 2.93. The van der Waals surface area contributed by atoms with Crippen molar-refractivity contribution in [2.24, 2.45) is 5.73 Å². The van der Waals surface area contributed by atoms with Gasteiger partial charge in [-0.1, -0.05) is 0 Å². The van der Waals surface area contributed by atoms with Gasteiger partial charge in [-0.25, -0.2) is 9.78 Å². The van der Waals surface area contributed by atoms with Crippen molar-refractivity contribution in [1.82, 2.24) is 14.5 Å². The first-order chi connectivity index (χ1) is 9.13. The topological polar surface area (TPSA) is 101 Å². The van der Waals surface area contributed by atoms with Crippen LogP contribution < -0.4 is 5.73 Å². The second-order valence-corrected chi connectivity index (χ2v) is 4.63. The summed E-state index contributed by atoms with van der Waals surface area (Å²) in [6, 6.07) is -0.735. The predicted molar refractivity (Wildman–Crippen MR) is 67.6 cm³/mol. The molecule has 0 saturated carbocycles. The lowest BCUT2D eigenvalue weighted by molar-refractivity contribution is -0.143. The number of piperidine rings is 1.